The Morgan fingerprint density at radius 1 is 0.909 bits per heavy atom. The largest absolute Gasteiger partial charge is 0.493 e. The molecule has 2 N–H and O–H groups in total. The van der Waals surface area contributed by atoms with E-state index in [1.165, 1.54) is 0 Å². The van der Waals surface area contributed by atoms with Gasteiger partial charge in [-0.05, 0) is 52.7 Å². The molecule has 166 valence electrons. The second-order valence-corrected chi connectivity index (χ2v) is 7.70. The molecule has 0 aliphatic carbocycles. The van der Waals surface area contributed by atoms with Crippen LogP contribution in [0.3, 0.4) is 0 Å². The fourth-order valence-electron chi connectivity index (χ4n) is 3.57. The molecule has 6 nitrogen and oxygen atoms in total. The molecule has 0 spiro atoms. The topological polar surface area (TPSA) is 88.5 Å². The van der Waals surface area contributed by atoms with Crippen LogP contribution in [-0.4, -0.2) is 34.6 Å². The van der Waals surface area contributed by atoms with E-state index in [9.17, 15) is 14.7 Å². The van der Waals surface area contributed by atoms with Gasteiger partial charge >= 0.3 is 5.97 Å². The van der Waals surface area contributed by atoms with Crippen LogP contribution in [0.5, 0.6) is 5.75 Å². The van der Waals surface area contributed by atoms with Gasteiger partial charge < -0.3 is 15.2 Å². The number of aromatic nitrogens is 1. The maximum atomic E-state index is 12.7. The summed E-state index contributed by atoms with van der Waals surface area (Å²) in [4.78, 5) is 28.7. The molecular weight excluding hydrogens is 416 g/mol. The first kappa shape index (κ1) is 22.0. The number of carbonyl (C=O) groups is 2. The van der Waals surface area contributed by atoms with Crippen LogP contribution in [0.4, 0.5) is 0 Å². The number of aliphatic carboxylic acids is 1. The van der Waals surface area contributed by atoms with Gasteiger partial charge in [-0.15, -0.1) is 0 Å². The molecule has 4 rings (SSSR count). The Kier molecular flexibility index (Phi) is 6.95. The van der Waals surface area contributed by atoms with E-state index in [0.29, 0.717) is 18.6 Å². The number of rotatable bonds is 9. The van der Waals surface area contributed by atoms with Gasteiger partial charge in [-0.3, -0.25) is 9.78 Å². The third-order valence-corrected chi connectivity index (χ3v) is 5.31. The minimum Gasteiger partial charge on any atom is -0.493 e. The fourth-order valence-corrected chi connectivity index (χ4v) is 3.57. The van der Waals surface area contributed by atoms with E-state index < -0.39 is 17.9 Å². The molecule has 1 heterocycles. The summed E-state index contributed by atoms with van der Waals surface area (Å²) in [7, 11) is 0. The van der Waals surface area contributed by atoms with Crippen molar-refractivity contribution in [2.24, 2.45) is 0 Å². The molecule has 0 fully saturated rings. The third kappa shape index (κ3) is 5.95. The van der Waals surface area contributed by atoms with Gasteiger partial charge in [-0.25, -0.2) is 4.79 Å². The molecule has 4 aromatic rings. The Bertz CT molecular complexity index is 1240. The van der Waals surface area contributed by atoms with Gasteiger partial charge in [-0.2, -0.15) is 0 Å². The molecule has 6 heteroatoms. The summed E-state index contributed by atoms with van der Waals surface area (Å²) in [6, 6.07) is 25.0. The van der Waals surface area contributed by atoms with Crippen molar-refractivity contribution in [2.45, 2.75) is 18.9 Å². The van der Waals surface area contributed by atoms with Crippen molar-refractivity contribution >= 4 is 22.6 Å². The van der Waals surface area contributed by atoms with E-state index in [-0.39, 0.29) is 6.42 Å². The van der Waals surface area contributed by atoms with Crippen molar-refractivity contribution in [2.75, 3.05) is 6.61 Å². The van der Waals surface area contributed by atoms with Gasteiger partial charge in [0.15, 0.2) is 0 Å². The van der Waals surface area contributed by atoms with E-state index in [1.807, 2.05) is 72.8 Å². The smallest absolute Gasteiger partial charge is 0.326 e. The highest BCUT2D eigenvalue weighted by atomic mass is 16.5. The van der Waals surface area contributed by atoms with Crippen LogP contribution in [0.1, 0.15) is 21.6 Å². The highest BCUT2D eigenvalue weighted by molar-refractivity contribution is 6.00. The Balaban J connectivity index is 1.40. The molecular formula is C27H24N2O4. The van der Waals surface area contributed by atoms with Crippen LogP contribution in [0.15, 0.2) is 91.1 Å². The number of nitrogens with zero attached hydrogens (tertiary/aromatic N) is 1. The van der Waals surface area contributed by atoms with Crippen LogP contribution in [0, 0.1) is 0 Å². The van der Waals surface area contributed by atoms with Crippen molar-refractivity contribution < 1.29 is 19.4 Å². The summed E-state index contributed by atoms with van der Waals surface area (Å²) in [5, 5.41) is 14.0. The molecule has 1 unspecified atom stereocenters. The van der Waals surface area contributed by atoms with Gasteiger partial charge in [0.05, 0.1) is 6.61 Å². The van der Waals surface area contributed by atoms with Crippen molar-refractivity contribution in [3.63, 3.8) is 0 Å². The predicted octanol–water partition coefficient (Wildman–Crippen LogP) is 4.28. The zero-order chi connectivity index (χ0) is 23.0. The van der Waals surface area contributed by atoms with E-state index in [1.54, 1.807) is 18.3 Å². The third-order valence-electron chi connectivity index (χ3n) is 5.31. The lowest BCUT2D eigenvalue weighted by molar-refractivity contribution is -0.139. The predicted molar refractivity (Wildman–Crippen MR) is 126 cm³/mol. The lowest BCUT2D eigenvalue weighted by Gasteiger charge is -2.15. The quantitative estimate of drug-likeness (QED) is 0.406. The van der Waals surface area contributed by atoms with Gasteiger partial charge in [0.1, 0.15) is 11.8 Å². The Morgan fingerprint density at radius 2 is 1.67 bits per heavy atom. The monoisotopic (exact) mass is 440 g/mol. The Morgan fingerprint density at radius 3 is 2.42 bits per heavy atom. The van der Waals surface area contributed by atoms with Gasteiger partial charge in [0.25, 0.3) is 5.91 Å². The average molecular weight is 440 g/mol. The van der Waals surface area contributed by atoms with E-state index >= 15 is 0 Å². The van der Waals surface area contributed by atoms with Crippen molar-refractivity contribution in [1.29, 1.82) is 0 Å². The number of nitrogens with one attached hydrogen (secondary N) is 1. The summed E-state index contributed by atoms with van der Waals surface area (Å²) in [6.45, 7) is 0.515. The second-order valence-electron chi connectivity index (χ2n) is 7.70. The number of hydrogen-bond donors (Lipinski definition) is 2. The lowest BCUT2D eigenvalue weighted by atomic mass is 10.0. The van der Waals surface area contributed by atoms with Gasteiger partial charge in [0, 0.05) is 30.3 Å². The van der Waals surface area contributed by atoms with E-state index in [4.69, 9.17) is 4.74 Å². The number of pyridine rings is 1. The maximum absolute atomic E-state index is 12.7. The van der Waals surface area contributed by atoms with Crippen LogP contribution in [-0.2, 0) is 17.6 Å². The molecule has 1 amide bonds. The number of fused-ring (bicyclic) bond motifs is 1. The average Bonchev–Trinajstić information content (AvgIpc) is 2.84. The van der Waals surface area contributed by atoms with Gasteiger partial charge in [0.2, 0.25) is 0 Å². The zero-order valence-corrected chi connectivity index (χ0v) is 18.0. The molecule has 33 heavy (non-hydrogen) atoms. The highest BCUT2D eigenvalue weighted by Gasteiger charge is 2.21. The number of hydrogen-bond acceptors (Lipinski definition) is 4. The lowest BCUT2D eigenvalue weighted by Crippen LogP contribution is -2.42. The van der Waals surface area contributed by atoms with E-state index in [2.05, 4.69) is 10.3 Å². The molecule has 0 aliphatic rings. The SMILES string of the molecule is O=C(NC(Cc1ccccc1)C(=O)O)c1ccc2cc(OCCc3ccccn3)ccc2c1. The number of carbonyl (C=O) groups excluding carboxylic acids is 1. The minimum absolute atomic E-state index is 0.217. The zero-order valence-electron chi connectivity index (χ0n) is 18.0. The van der Waals surface area contributed by atoms with Crippen LogP contribution in [0.25, 0.3) is 10.8 Å². The number of carboxylic acids is 1. The number of carboxylic acid groups (broad SMARTS) is 1. The van der Waals surface area contributed by atoms with Crippen LogP contribution in [0.2, 0.25) is 0 Å². The molecule has 1 aromatic heterocycles. The van der Waals surface area contributed by atoms with Crippen LogP contribution >= 0.6 is 0 Å². The summed E-state index contributed by atoms with van der Waals surface area (Å²) in [5.74, 6) is -0.749. The second kappa shape index (κ2) is 10.4. The fraction of sp³-hybridized carbons (Fsp3) is 0.148. The maximum Gasteiger partial charge on any atom is 0.326 e. The molecule has 3 aromatic carbocycles. The first-order valence-electron chi connectivity index (χ1n) is 10.7. The highest BCUT2D eigenvalue weighted by Crippen LogP contribution is 2.22. The van der Waals surface area contributed by atoms with Crippen molar-refractivity contribution in [1.82, 2.24) is 10.3 Å². The standard InChI is InChI=1S/C27H24N2O4/c30-26(29-25(27(31)32)16-19-6-2-1-3-7-19)22-10-9-21-18-24(12-11-20(21)17-22)33-15-13-23-8-4-5-14-28-23/h1-12,14,17-18,25H,13,15-16H2,(H,29,30)(H,31,32). The number of ether oxygens (including phenoxy) is 1. The summed E-state index contributed by atoms with van der Waals surface area (Å²) < 4.78 is 5.85. The summed E-state index contributed by atoms with van der Waals surface area (Å²) in [6.07, 6.45) is 2.69. The Hall–Kier alpha value is -4.19. The molecule has 0 radical (unpaired) electrons. The van der Waals surface area contributed by atoms with Gasteiger partial charge in [-0.1, -0.05) is 48.5 Å². The van der Waals surface area contributed by atoms with Crippen LogP contribution < -0.4 is 10.1 Å². The van der Waals surface area contributed by atoms with Crippen molar-refractivity contribution in [3.05, 3.63) is 108 Å². The molecule has 0 aliphatic heterocycles. The summed E-state index contributed by atoms with van der Waals surface area (Å²) in [5.41, 5.74) is 2.23. The Labute approximate surface area is 191 Å². The van der Waals surface area contributed by atoms with Crippen molar-refractivity contribution in [3.8, 4) is 5.75 Å². The minimum atomic E-state index is -1.07. The molecule has 0 saturated carbocycles. The first-order chi connectivity index (χ1) is 16.1. The number of benzene rings is 3. The normalized spacial score (nSPS) is 11.6. The number of amides is 1. The first-order valence-corrected chi connectivity index (χ1v) is 10.7. The molecule has 0 saturated heterocycles. The molecule has 0 bridgehead atoms. The summed E-state index contributed by atoms with van der Waals surface area (Å²) >= 11 is 0. The van der Waals surface area contributed by atoms with E-state index in [0.717, 1.165) is 27.8 Å². The molecule has 1 atom stereocenters.